The number of halogens is 2. The van der Waals surface area contributed by atoms with Crippen molar-refractivity contribution in [2.45, 2.75) is 19.7 Å². The molecule has 0 saturated carbocycles. The van der Waals surface area contributed by atoms with Crippen molar-refractivity contribution in [2.24, 2.45) is 0 Å². The first-order valence-electron chi connectivity index (χ1n) is 8.98. The van der Waals surface area contributed by atoms with Gasteiger partial charge in [-0.1, -0.05) is 41.9 Å². The molecule has 0 aliphatic carbocycles. The highest BCUT2D eigenvalue weighted by Crippen LogP contribution is 2.22. The minimum absolute atomic E-state index is 0.0847. The van der Waals surface area contributed by atoms with Crippen molar-refractivity contribution in [2.75, 3.05) is 0 Å². The predicted octanol–water partition coefficient (Wildman–Crippen LogP) is 5.22. The molecule has 142 valence electrons. The molecule has 0 bridgehead atoms. The van der Waals surface area contributed by atoms with Crippen LogP contribution in [0.25, 0.3) is 11.0 Å². The molecule has 0 atom stereocenters. The van der Waals surface area contributed by atoms with Crippen LogP contribution in [-0.4, -0.2) is 9.97 Å². The maximum atomic E-state index is 13.9. The molecule has 0 radical (unpaired) electrons. The summed E-state index contributed by atoms with van der Waals surface area (Å²) in [4.78, 5) is 7.85. The number of imidazole rings is 1. The van der Waals surface area contributed by atoms with Gasteiger partial charge in [0, 0.05) is 12.1 Å². The second-order valence-electron chi connectivity index (χ2n) is 6.44. The van der Waals surface area contributed by atoms with Crippen LogP contribution in [0.5, 0.6) is 5.75 Å². The zero-order chi connectivity index (χ0) is 19.3. The third-order valence-electron chi connectivity index (χ3n) is 4.40. The summed E-state index contributed by atoms with van der Waals surface area (Å²) in [6, 6.07) is 20.3. The van der Waals surface area contributed by atoms with E-state index in [1.165, 1.54) is 6.07 Å². The number of fused-ring (bicyclic) bond motifs is 1. The number of aromatic amines is 1. The second-order valence-corrected chi connectivity index (χ2v) is 6.85. The van der Waals surface area contributed by atoms with Crippen LogP contribution in [0.2, 0.25) is 5.02 Å². The highest BCUT2D eigenvalue weighted by molar-refractivity contribution is 6.31. The molecule has 1 aromatic heterocycles. The van der Waals surface area contributed by atoms with E-state index in [0.717, 1.165) is 22.4 Å². The SMILES string of the molecule is Fc1cccc(Cl)c1COc1cccc(CNCc2nc3ccccc3[nH]2)c1. The van der Waals surface area contributed by atoms with Crippen LogP contribution < -0.4 is 10.1 Å². The van der Waals surface area contributed by atoms with Crippen LogP contribution in [0.3, 0.4) is 0 Å². The van der Waals surface area contributed by atoms with Gasteiger partial charge in [-0.25, -0.2) is 9.37 Å². The Kier molecular flexibility index (Phi) is 5.55. The van der Waals surface area contributed by atoms with Crippen molar-refractivity contribution in [3.8, 4) is 5.75 Å². The smallest absolute Gasteiger partial charge is 0.131 e. The Balaban J connectivity index is 1.34. The van der Waals surface area contributed by atoms with Crippen molar-refractivity contribution in [3.63, 3.8) is 0 Å². The summed E-state index contributed by atoms with van der Waals surface area (Å²) in [6.45, 7) is 1.38. The fourth-order valence-corrected chi connectivity index (χ4v) is 3.20. The largest absolute Gasteiger partial charge is 0.489 e. The van der Waals surface area contributed by atoms with Gasteiger partial charge in [0.2, 0.25) is 0 Å². The van der Waals surface area contributed by atoms with Gasteiger partial charge < -0.3 is 15.0 Å². The molecule has 4 rings (SSSR count). The summed E-state index contributed by atoms with van der Waals surface area (Å²) >= 11 is 6.04. The van der Waals surface area contributed by atoms with Gasteiger partial charge in [0.1, 0.15) is 24.0 Å². The molecule has 28 heavy (non-hydrogen) atoms. The number of nitrogens with one attached hydrogen (secondary N) is 2. The summed E-state index contributed by atoms with van der Waals surface area (Å²) in [7, 11) is 0. The van der Waals surface area contributed by atoms with Crippen LogP contribution in [0, 0.1) is 5.82 Å². The molecule has 2 N–H and O–H groups in total. The molecule has 0 spiro atoms. The van der Waals surface area contributed by atoms with Crippen LogP contribution in [0.4, 0.5) is 4.39 Å². The number of hydrogen-bond acceptors (Lipinski definition) is 3. The summed E-state index contributed by atoms with van der Waals surface area (Å²) in [6.07, 6.45) is 0. The Bertz CT molecular complexity index is 1040. The molecule has 3 aromatic carbocycles. The molecule has 0 amide bonds. The number of hydrogen-bond donors (Lipinski definition) is 2. The maximum Gasteiger partial charge on any atom is 0.131 e. The Morgan fingerprint density at radius 1 is 1.00 bits per heavy atom. The summed E-state index contributed by atoms with van der Waals surface area (Å²) < 4.78 is 19.6. The number of ether oxygens (including phenoxy) is 1. The van der Waals surface area contributed by atoms with Gasteiger partial charge in [0.25, 0.3) is 0 Å². The average molecular weight is 396 g/mol. The van der Waals surface area contributed by atoms with Gasteiger partial charge >= 0.3 is 0 Å². The van der Waals surface area contributed by atoms with E-state index in [2.05, 4.69) is 15.3 Å². The van der Waals surface area contributed by atoms with Gasteiger partial charge in [0.05, 0.1) is 22.6 Å². The van der Waals surface area contributed by atoms with Crippen molar-refractivity contribution in [1.82, 2.24) is 15.3 Å². The van der Waals surface area contributed by atoms with Gasteiger partial charge in [-0.15, -0.1) is 0 Å². The topological polar surface area (TPSA) is 49.9 Å². The van der Waals surface area contributed by atoms with Crippen LogP contribution in [-0.2, 0) is 19.7 Å². The number of H-pyrrole nitrogens is 1. The zero-order valence-electron chi connectivity index (χ0n) is 15.1. The van der Waals surface area contributed by atoms with Crippen LogP contribution in [0.1, 0.15) is 17.0 Å². The molecule has 0 unspecified atom stereocenters. The Morgan fingerprint density at radius 3 is 2.71 bits per heavy atom. The maximum absolute atomic E-state index is 13.9. The predicted molar refractivity (Wildman–Crippen MR) is 109 cm³/mol. The fraction of sp³-hybridized carbons (Fsp3) is 0.136. The second kappa shape index (κ2) is 8.42. The number of nitrogens with zero attached hydrogens (tertiary/aromatic N) is 1. The molecule has 6 heteroatoms. The standard InChI is InChI=1S/C22H19ClFN3O/c23-18-7-4-8-19(24)17(18)14-28-16-6-3-5-15(11-16)12-25-13-22-26-20-9-1-2-10-21(20)27-22/h1-11,25H,12-14H2,(H,26,27). The van der Waals surface area contributed by atoms with E-state index in [1.807, 2.05) is 48.5 Å². The van der Waals surface area contributed by atoms with Crippen molar-refractivity contribution in [3.05, 3.63) is 94.5 Å². The van der Waals surface area contributed by atoms with E-state index >= 15 is 0 Å². The first-order valence-corrected chi connectivity index (χ1v) is 9.36. The van der Waals surface area contributed by atoms with Crippen LogP contribution in [0.15, 0.2) is 66.7 Å². The molecule has 0 aliphatic heterocycles. The van der Waals surface area contributed by atoms with Gasteiger partial charge in [-0.2, -0.15) is 0 Å². The lowest BCUT2D eigenvalue weighted by Gasteiger charge is -2.10. The Labute approximate surface area is 167 Å². The van der Waals surface area contributed by atoms with Crippen molar-refractivity contribution < 1.29 is 9.13 Å². The summed E-state index contributed by atoms with van der Waals surface area (Å²) in [5, 5.41) is 3.73. The van der Waals surface area contributed by atoms with E-state index in [4.69, 9.17) is 16.3 Å². The number of aromatic nitrogens is 2. The van der Waals surface area contributed by atoms with Gasteiger partial charge in [0.15, 0.2) is 0 Å². The van der Waals surface area contributed by atoms with E-state index in [1.54, 1.807) is 12.1 Å². The van der Waals surface area contributed by atoms with Crippen molar-refractivity contribution >= 4 is 22.6 Å². The zero-order valence-corrected chi connectivity index (χ0v) is 15.8. The first-order chi connectivity index (χ1) is 13.7. The Hall–Kier alpha value is -2.89. The molecular weight excluding hydrogens is 377 g/mol. The molecular formula is C22H19ClFN3O. The average Bonchev–Trinajstić information content (AvgIpc) is 3.11. The molecule has 1 heterocycles. The summed E-state index contributed by atoms with van der Waals surface area (Å²) in [5.74, 6) is 1.20. The monoisotopic (exact) mass is 395 g/mol. The quantitative estimate of drug-likeness (QED) is 0.451. The third-order valence-corrected chi connectivity index (χ3v) is 4.76. The normalized spacial score (nSPS) is 11.1. The summed E-state index contributed by atoms with van der Waals surface area (Å²) in [5.41, 5.74) is 3.41. The molecule has 0 fully saturated rings. The number of para-hydroxylation sites is 2. The molecule has 0 saturated heterocycles. The van der Waals surface area contributed by atoms with Gasteiger partial charge in [-0.3, -0.25) is 0 Å². The molecule has 4 aromatic rings. The van der Waals surface area contributed by atoms with E-state index in [0.29, 0.717) is 29.4 Å². The minimum atomic E-state index is -0.365. The highest BCUT2D eigenvalue weighted by atomic mass is 35.5. The fourth-order valence-electron chi connectivity index (χ4n) is 2.99. The third kappa shape index (κ3) is 4.32. The van der Waals surface area contributed by atoms with E-state index in [-0.39, 0.29) is 12.4 Å². The number of benzene rings is 3. The Morgan fingerprint density at radius 2 is 1.86 bits per heavy atom. The lowest BCUT2D eigenvalue weighted by Crippen LogP contribution is -2.13. The van der Waals surface area contributed by atoms with Crippen molar-refractivity contribution in [1.29, 1.82) is 0 Å². The van der Waals surface area contributed by atoms with Crippen LogP contribution >= 0.6 is 11.6 Å². The minimum Gasteiger partial charge on any atom is -0.489 e. The lowest BCUT2D eigenvalue weighted by atomic mass is 10.2. The lowest BCUT2D eigenvalue weighted by molar-refractivity contribution is 0.299. The highest BCUT2D eigenvalue weighted by Gasteiger charge is 2.08. The van der Waals surface area contributed by atoms with Gasteiger partial charge in [-0.05, 0) is 42.0 Å². The molecule has 4 nitrogen and oxygen atoms in total. The van der Waals surface area contributed by atoms with E-state index in [9.17, 15) is 4.39 Å². The first kappa shape index (κ1) is 18.5. The molecule has 0 aliphatic rings. The number of rotatable bonds is 7. The van der Waals surface area contributed by atoms with E-state index < -0.39 is 0 Å².